The minimum absolute atomic E-state index is 0.162. The van der Waals surface area contributed by atoms with E-state index in [1.165, 1.54) is 11.2 Å². The molecule has 1 aliphatic heterocycles. The third-order valence-corrected chi connectivity index (χ3v) is 4.33. The van der Waals surface area contributed by atoms with Crippen LogP contribution in [0.1, 0.15) is 18.2 Å². The fourth-order valence-electron chi connectivity index (χ4n) is 3.04. The fourth-order valence-corrected chi connectivity index (χ4v) is 3.04. The predicted molar refractivity (Wildman–Crippen MR) is 86.9 cm³/mol. The topological polar surface area (TPSA) is 75.4 Å². The number of hydrogen-bond acceptors (Lipinski definition) is 4. The summed E-state index contributed by atoms with van der Waals surface area (Å²) in [5.41, 5.74) is 0.422. The van der Waals surface area contributed by atoms with Gasteiger partial charge in [0.25, 0.3) is 5.91 Å². The van der Waals surface area contributed by atoms with Gasteiger partial charge in [-0.1, -0.05) is 24.3 Å². The Labute approximate surface area is 138 Å². The summed E-state index contributed by atoms with van der Waals surface area (Å²) >= 11 is 0. The lowest BCUT2D eigenvalue weighted by Crippen LogP contribution is -2.40. The van der Waals surface area contributed by atoms with Gasteiger partial charge in [-0.15, -0.1) is 0 Å². The Morgan fingerprint density at radius 2 is 2.00 bits per heavy atom. The number of nitrogens with one attached hydrogen (secondary N) is 1. The van der Waals surface area contributed by atoms with E-state index in [1.807, 2.05) is 30.3 Å². The molecule has 3 aromatic rings. The number of rotatable bonds is 3. The van der Waals surface area contributed by atoms with Crippen LogP contribution in [0.4, 0.5) is 4.79 Å². The molecule has 3 heterocycles. The van der Waals surface area contributed by atoms with Crippen molar-refractivity contribution in [3.05, 3.63) is 66.2 Å². The second kappa shape index (κ2) is 5.19. The van der Waals surface area contributed by atoms with Gasteiger partial charge in [0.1, 0.15) is 5.76 Å². The summed E-state index contributed by atoms with van der Waals surface area (Å²) in [4.78, 5) is 30.8. The zero-order valence-corrected chi connectivity index (χ0v) is 13.0. The van der Waals surface area contributed by atoms with Crippen molar-refractivity contribution in [3.8, 4) is 0 Å². The van der Waals surface area contributed by atoms with Crippen molar-refractivity contribution in [1.29, 1.82) is 0 Å². The molecule has 0 aliphatic carbocycles. The second-order valence-corrected chi connectivity index (χ2v) is 5.92. The first-order chi connectivity index (χ1) is 11.6. The van der Waals surface area contributed by atoms with E-state index in [-0.39, 0.29) is 12.5 Å². The normalized spacial score (nSPS) is 20.6. The molecule has 6 nitrogen and oxygen atoms in total. The van der Waals surface area contributed by atoms with Crippen molar-refractivity contribution in [2.45, 2.75) is 19.0 Å². The Bertz CT molecular complexity index is 930. The molecule has 120 valence electrons. The molecule has 1 aromatic carbocycles. The SMILES string of the molecule is CC1(c2ccco2)NC(=O)N(Cc2cccc3cccnc23)C1=O. The minimum atomic E-state index is -1.18. The number of amides is 3. The van der Waals surface area contributed by atoms with Gasteiger partial charge in [-0.05, 0) is 30.7 Å². The minimum Gasteiger partial charge on any atom is -0.466 e. The Hall–Kier alpha value is -3.15. The molecular weight excluding hydrogens is 306 g/mol. The van der Waals surface area contributed by atoms with Gasteiger partial charge < -0.3 is 9.73 Å². The lowest BCUT2D eigenvalue weighted by atomic mass is 9.99. The largest absolute Gasteiger partial charge is 0.466 e. The summed E-state index contributed by atoms with van der Waals surface area (Å²) in [5.74, 6) is 0.0785. The number of benzene rings is 1. The van der Waals surface area contributed by atoms with E-state index in [9.17, 15) is 9.59 Å². The third-order valence-electron chi connectivity index (χ3n) is 4.33. The summed E-state index contributed by atoms with van der Waals surface area (Å²) < 4.78 is 5.33. The van der Waals surface area contributed by atoms with Crippen molar-refractivity contribution in [1.82, 2.24) is 15.2 Å². The summed E-state index contributed by atoms with van der Waals surface area (Å²) in [7, 11) is 0. The zero-order chi connectivity index (χ0) is 16.7. The lowest BCUT2D eigenvalue weighted by molar-refractivity contribution is -0.132. The molecule has 2 aromatic heterocycles. The van der Waals surface area contributed by atoms with Crippen LogP contribution in [0.15, 0.2) is 59.3 Å². The number of furan rings is 1. The van der Waals surface area contributed by atoms with Crippen LogP contribution in [0.2, 0.25) is 0 Å². The highest BCUT2D eigenvalue weighted by atomic mass is 16.3. The second-order valence-electron chi connectivity index (χ2n) is 5.92. The molecule has 1 N–H and O–H groups in total. The van der Waals surface area contributed by atoms with Gasteiger partial charge in [-0.3, -0.25) is 14.7 Å². The predicted octanol–water partition coefficient (Wildman–Crippen LogP) is 2.80. The average Bonchev–Trinajstić information content (AvgIpc) is 3.20. The Kier molecular flexibility index (Phi) is 3.13. The van der Waals surface area contributed by atoms with E-state index in [2.05, 4.69) is 10.3 Å². The van der Waals surface area contributed by atoms with Crippen molar-refractivity contribution in [2.24, 2.45) is 0 Å². The van der Waals surface area contributed by atoms with Gasteiger partial charge in [0, 0.05) is 11.6 Å². The zero-order valence-electron chi connectivity index (χ0n) is 13.0. The van der Waals surface area contributed by atoms with Crippen LogP contribution >= 0.6 is 0 Å². The summed E-state index contributed by atoms with van der Waals surface area (Å²) in [5, 5.41) is 3.69. The van der Waals surface area contributed by atoms with E-state index < -0.39 is 11.6 Å². The Morgan fingerprint density at radius 3 is 2.79 bits per heavy atom. The van der Waals surface area contributed by atoms with Crippen LogP contribution in [0.3, 0.4) is 0 Å². The van der Waals surface area contributed by atoms with E-state index in [1.54, 1.807) is 25.3 Å². The standard InChI is InChI=1S/C18H15N3O3/c1-18(14-8-4-10-24-14)16(22)21(17(23)20-18)11-13-6-2-5-12-7-3-9-19-15(12)13/h2-10H,11H2,1H3,(H,20,23). The molecule has 0 spiro atoms. The maximum absolute atomic E-state index is 12.8. The highest BCUT2D eigenvalue weighted by Crippen LogP contribution is 2.30. The number of nitrogens with zero attached hydrogens (tertiary/aromatic N) is 2. The molecule has 6 heteroatoms. The van der Waals surface area contributed by atoms with Gasteiger partial charge in [0.2, 0.25) is 0 Å². The van der Waals surface area contributed by atoms with Gasteiger partial charge in [-0.25, -0.2) is 4.79 Å². The number of urea groups is 1. The van der Waals surface area contributed by atoms with E-state index in [0.717, 1.165) is 16.5 Å². The molecule has 0 radical (unpaired) electrons. The van der Waals surface area contributed by atoms with Gasteiger partial charge in [-0.2, -0.15) is 0 Å². The quantitative estimate of drug-likeness (QED) is 0.753. The molecule has 4 rings (SSSR count). The number of hydrogen-bond donors (Lipinski definition) is 1. The summed E-state index contributed by atoms with van der Waals surface area (Å²) in [6.07, 6.45) is 3.18. The number of carbonyl (C=O) groups is 2. The van der Waals surface area contributed by atoms with Crippen LogP contribution in [0, 0.1) is 0 Å². The molecule has 1 unspecified atom stereocenters. The number of carbonyl (C=O) groups excluding carboxylic acids is 2. The van der Waals surface area contributed by atoms with Crippen LogP contribution in [0.5, 0.6) is 0 Å². The molecule has 3 amide bonds. The van der Waals surface area contributed by atoms with E-state index >= 15 is 0 Å². The Morgan fingerprint density at radius 1 is 1.17 bits per heavy atom. The van der Waals surface area contributed by atoms with Crippen molar-refractivity contribution in [2.75, 3.05) is 0 Å². The number of imide groups is 1. The average molecular weight is 321 g/mol. The number of fused-ring (bicyclic) bond motifs is 1. The van der Waals surface area contributed by atoms with Gasteiger partial charge >= 0.3 is 6.03 Å². The molecule has 24 heavy (non-hydrogen) atoms. The molecule has 1 saturated heterocycles. The maximum Gasteiger partial charge on any atom is 0.325 e. The van der Waals surface area contributed by atoms with Crippen LogP contribution < -0.4 is 5.32 Å². The van der Waals surface area contributed by atoms with E-state index in [4.69, 9.17) is 4.42 Å². The monoisotopic (exact) mass is 321 g/mol. The molecule has 1 aliphatic rings. The third kappa shape index (κ3) is 2.07. The molecular formula is C18H15N3O3. The van der Waals surface area contributed by atoms with Crippen molar-refractivity contribution >= 4 is 22.8 Å². The first-order valence-electron chi connectivity index (χ1n) is 7.60. The number of aromatic nitrogens is 1. The number of pyridine rings is 1. The van der Waals surface area contributed by atoms with Gasteiger partial charge in [0.15, 0.2) is 5.54 Å². The van der Waals surface area contributed by atoms with Crippen LogP contribution in [-0.2, 0) is 16.9 Å². The number of para-hydroxylation sites is 1. The molecule has 0 bridgehead atoms. The molecule has 0 saturated carbocycles. The molecule has 1 fully saturated rings. The van der Waals surface area contributed by atoms with Crippen molar-refractivity contribution in [3.63, 3.8) is 0 Å². The summed E-state index contributed by atoms with van der Waals surface area (Å²) in [6, 6.07) is 12.5. The fraction of sp³-hybridized carbons (Fsp3) is 0.167. The highest BCUT2D eigenvalue weighted by Gasteiger charge is 2.50. The Balaban J connectivity index is 1.70. The first-order valence-corrected chi connectivity index (χ1v) is 7.60. The smallest absolute Gasteiger partial charge is 0.325 e. The lowest BCUT2D eigenvalue weighted by Gasteiger charge is -2.19. The maximum atomic E-state index is 12.8. The van der Waals surface area contributed by atoms with E-state index in [0.29, 0.717) is 5.76 Å². The van der Waals surface area contributed by atoms with Crippen molar-refractivity contribution < 1.29 is 14.0 Å². The first kappa shape index (κ1) is 14.4. The summed E-state index contributed by atoms with van der Waals surface area (Å²) in [6.45, 7) is 1.81. The molecule has 1 atom stereocenters. The van der Waals surface area contributed by atoms with Crippen LogP contribution in [0.25, 0.3) is 10.9 Å². The highest BCUT2D eigenvalue weighted by molar-refractivity contribution is 6.07. The van der Waals surface area contributed by atoms with Crippen LogP contribution in [-0.4, -0.2) is 21.8 Å². The van der Waals surface area contributed by atoms with Gasteiger partial charge in [0.05, 0.1) is 18.3 Å².